The number of ether oxygens (including phenoxy) is 2. The largest absolute Gasteiger partial charge is 0.444 e. The third kappa shape index (κ3) is 4.78. The predicted octanol–water partition coefficient (Wildman–Crippen LogP) is 2.97. The van der Waals surface area contributed by atoms with Gasteiger partial charge in [-0.05, 0) is 39.7 Å². The topological polar surface area (TPSA) is 90.6 Å². The number of aromatic nitrogens is 3. The number of nitrogens with zero attached hydrogens (tertiary/aromatic N) is 4. The highest BCUT2D eigenvalue weighted by Crippen LogP contribution is 2.28. The molecule has 1 atom stereocenters. The van der Waals surface area contributed by atoms with Crippen LogP contribution in [0.1, 0.15) is 51.2 Å². The number of rotatable bonds is 4. The molecule has 1 saturated heterocycles. The lowest BCUT2D eigenvalue weighted by Gasteiger charge is -2.34. The van der Waals surface area contributed by atoms with Gasteiger partial charge in [0.15, 0.2) is 12.4 Å². The van der Waals surface area contributed by atoms with Gasteiger partial charge in [-0.3, -0.25) is 4.98 Å². The molecule has 0 aliphatic carbocycles. The molecule has 1 unspecified atom stereocenters. The van der Waals surface area contributed by atoms with Gasteiger partial charge in [0.05, 0.1) is 6.10 Å². The molecule has 1 amide bonds. The second kappa shape index (κ2) is 7.82. The van der Waals surface area contributed by atoms with Gasteiger partial charge in [-0.25, -0.2) is 4.79 Å². The second-order valence-corrected chi connectivity index (χ2v) is 7.25. The van der Waals surface area contributed by atoms with E-state index in [9.17, 15) is 4.79 Å². The van der Waals surface area contributed by atoms with Crippen LogP contribution in [0.4, 0.5) is 4.79 Å². The quantitative estimate of drug-likeness (QED) is 0.828. The van der Waals surface area contributed by atoms with Crippen molar-refractivity contribution >= 4 is 6.09 Å². The zero-order valence-corrected chi connectivity index (χ0v) is 15.3. The number of likely N-dealkylation sites (tertiary alicyclic amines) is 1. The number of carbonyl (C=O) groups excluding carboxylic acids is 1. The first kappa shape index (κ1) is 18.3. The Balaban J connectivity index is 1.61. The number of hydrogen-bond donors (Lipinski definition) is 0. The van der Waals surface area contributed by atoms with Crippen LogP contribution in [-0.4, -0.2) is 50.9 Å². The lowest BCUT2D eigenvalue weighted by atomic mass is 10.1. The summed E-state index contributed by atoms with van der Waals surface area (Å²) in [6, 6.07) is 3.75. The fraction of sp³-hybridized carbons (Fsp3) is 0.556. The normalized spacial score (nSPS) is 17.1. The van der Waals surface area contributed by atoms with Gasteiger partial charge in [0, 0.05) is 31.0 Å². The van der Waals surface area contributed by atoms with Crippen molar-refractivity contribution in [2.75, 3.05) is 13.1 Å². The molecule has 8 heteroatoms. The van der Waals surface area contributed by atoms with E-state index in [1.807, 2.05) is 32.9 Å². The Morgan fingerprint density at radius 2 is 2.12 bits per heavy atom. The minimum Gasteiger partial charge on any atom is -0.444 e. The minimum absolute atomic E-state index is 0.0224. The van der Waals surface area contributed by atoms with Crippen molar-refractivity contribution in [1.82, 2.24) is 20.0 Å². The summed E-state index contributed by atoms with van der Waals surface area (Å²) < 4.78 is 16.9. The lowest BCUT2D eigenvalue weighted by molar-refractivity contribution is -0.0429. The molecule has 0 saturated carbocycles. The molecule has 2 aromatic rings. The summed E-state index contributed by atoms with van der Waals surface area (Å²) in [7, 11) is 0. The fourth-order valence-electron chi connectivity index (χ4n) is 2.80. The van der Waals surface area contributed by atoms with E-state index in [4.69, 9.17) is 14.0 Å². The van der Waals surface area contributed by atoms with Crippen LogP contribution in [0, 0.1) is 0 Å². The lowest BCUT2D eigenvalue weighted by Crippen LogP contribution is -2.43. The summed E-state index contributed by atoms with van der Waals surface area (Å²) >= 11 is 0. The first-order chi connectivity index (χ1) is 12.4. The van der Waals surface area contributed by atoms with Crippen molar-refractivity contribution in [2.45, 2.75) is 51.4 Å². The van der Waals surface area contributed by atoms with Crippen LogP contribution in [0.15, 0.2) is 35.4 Å². The highest BCUT2D eigenvalue weighted by atomic mass is 16.6. The third-order valence-electron chi connectivity index (χ3n) is 4.01. The van der Waals surface area contributed by atoms with E-state index in [-0.39, 0.29) is 12.2 Å². The summed E-state index contributed by atoms with van der Waals surface area (Å²) in [5.41, 5.74) is 0.361. The SMILES string of the molecule is CC(C)(C)OC(=O)N1CCC(OC(c2cccnc2)c2ncno2)CC1. The molecule has 8 nitrogen and oxygen atoms in total. The van der Waals surface area contributed by atoms with E-state index in [1.165, 1.54) is 6.33 Å². The second-order valence-electron chi connectivity index (χ2n) is 7.25. The van der Waals surface area contributed by atoms with Crippen molar-refractivity contribution in [2.24, 2.45) is 0 Å². The number of amides is 1. The van der Waals surface area contributed by atoms with E-state index >= 15 is 0 Å². The summed E-state index contributed by atoms with van der Waals surface area (Å²) in [6.07, 6.45) is 5.44. The number of piperidine rings is 1. The van der Waals surface area contributed by atoms with Gasteiger partial charge in [-0.15, -0.1) is 0 Å². The molecule has 0 spiro atoms. The molecule has 3 heterocycles. The zero-order valence-electron chi connectivity index (χ0n) is 15.3. The molecule has 0 bridgehead atoms. The Bertz CT molecular complexity index is 692. The third-order valence-corrected chi connectivity index (χ3v) is 4.01. The van der Waals surface area contributed by atoms with Crippen molar-refractivity contribution in [3.05, 3.63) is 42.3 Å². The number of pyridine rings is 1. The van der Waals surface area contributed by atoms with Crippen LogP contribution in [0.2, 0.25) is 0 Å². The Morgan fingerprint density at radius 1 is 1.35 bits per heavy atom. The van der Waals surface area contributed by atoms with Gasteiger partial charge in [0.1, 0.15) is 5.60 Å². The van der Waals surface area contributed by atoms with Crippen LogP contribution in [0.25, 0.3) is 0 Å². The van der Waals surface area contributed by atoms with E-state index in [0.29, 0.717) is 31.8 Å². The smallest absolute Gasteiger partial charge is 0.410 e. The van der Waals surface area contributed by atoms with Gasteiger partial charge in [0.2, 0.25) is 0 Å². The molecule has 1 fully saturated rings. The molecular weight excluding hydrogens is 336 g/mol. The molecule has 26 heavy (non-hydrogen) atoms. The predicted molar refractivity (Wildman–Crippen MR) is 92.3 cm³/mol. The Morgan fingerprint density at radius 3 is 2.69 bits per heavy atom. The molecule has 0 N–H and O–H groups in total. The average molecular weight is 360 g/mol. The van der Waals surface area contributed by atoms with Gasteiger partial charge < -0.3 is 18.9 Å². The highest BCUT2D eigenvalue weighted by Gasteiger charge is 2.30. The Labute approximate surface area is 152 Å². The summed E-state index contributed by atoms with van der Waals surface area (Å²) in [5, 5.41) is 3.68. The number of hydrogen-bond acceptors (Lipinski definition) is 7. The van der Waals surface area contributed by atoms with Crippen molar-refractivity contribution < 1.29 is 18.8 Å². The molecule has 0 aromatic carbocycles. The maximum Gasteiger partial charge on any atom is 0.410 e. The van der Waals surface area contributed by atoms with Crippen LogP contribution in [0.5, 0.6) is 0 Å². The van der Waals surface area contributed by atoms with Gasteiger partial charge >= 0.3 is 6.09 Å². The minimum atomic E-state index is -0.492. The molecule has 2 aromatic heterocycles. The standard InChI is InChI=1S/C18H24N4O4/c1-18(2,3)25-17(23)22-9-6-14(7-10-22)24-15(16-20-12-21-26-16)13-5-4-8-19-11-13/h4-5,8,11-12,14-15H,6-7,9-10H2,1-3H3. The average Bonchev–Trinajstić information content (AvgIpc) is 3.14. The monoisotopic (exact) mass is 360 g/mol. The molecule has 1 aliphatic rings. The van der Waals surface area contributed by atoms with Crippen molar-refractivity contribution in [1.29, 1.82) is 0 Å². The highest BCUT2D eigenvalue weighted by molar-refractivity contribution is 5.68. The fourth-order valence-corrected chi connectivity index (χ4v) is 2.80. The van der Waals surface area contributed by atoms with Crippen LogP contribution in [0.3, 0.4) is 0 Å². The van der Waals surface area contributed by atoms with Crippen molar-refractivity contribution in [3.8, 4) is 0 Å². The Kier molecular flexibility index (Phi) is 5.51. The van der Waals surface area contributed by atoms with E-state index in [2.05, 4.69) is 15.1 Å². The summed E-state index contributed by atoms with van der Waals surface area (Å²) in [6.45, 7) is 6.77. The first-order valence-corrected chi connectivity index (χ1v) is 8.72. The molecule has 0 radical (unpaired) electrons. The number of carbonyl (C=O) groups is 1. The van der Waals surface area contributed by atoms with Gasteiger partial charge in [-0.2, -0.15) is 4.98 Å². The zero-order chi connectivity index (χ0) is 18.6. The van der Waals surface area contributed by atoms with E-state index in [0.717, 1.165) is 5.56 Å². The maximum absolute atomic E-state index is 12.2. The van der Waals surface area contributed by atoms with Crippen LogP contribution >= 0.6 is 0 Å². The summed E-state index contributed by atoms with van der Waals surface area (Å²) in [4.78, 5) is 22.2. The molecular formula is C18H24N4O4. The van der Waals surface area contributed by atoms with E-state index in [1.54, 1.807) is 17.3 Å². The Hall–Kier alpha value is -2.48. The maximum atomic E-state index is 12.2. The summed E-state index contributed by atoms with van der Waals surface area (Å²) in [5.74, 6) is 0.396. The first-order valence-electron chi connectivity index (χ1n) is 8.72. The van der Waals surface area contributed by atoms with Gasteiger partial charge in [0.25, 0.3) is 5.89 Å². The molecule has 140 valence electrons. The van der Waals surface area contributed by atoms with Crippen molar-refractivity contribution in [3.63, 3.8) is 0 Å². The van der Waals surface area contributed by atoms with Gasteiger partial charge in [-0.1, -0.05) is 11.2 Å². The molecule has 1 aliphatic heterocycles. The van der Waals surface area contributed by atoms with Crippen LogP contribution < -0.4 is 0 Å². The van der Waals surface area contributed by atoms with Crippen LogP contribution in [-0.2, 0) is 9.47 Å². The van der Waals surface area contributed by atoms with E-state index < -0.39 is 11.7 Å². The molecule has 3 rings (SSSR count).